The molecule has 0 fully saturated rings. The van der Waals surface area contributed by atoms with Crippen molar-refractivity contribution >= 4 is 34.7 Å². The lowest BCUT2D eigenvalue weighted by Crippen LogP contribution is -2.14. The van der Waals surface area contributed by atoms with Crippen molar-refractivity contribution in [3.05, 3.63) is 71.2 Å². The summed E-state index contributed by atoms with van der Waals surface area (Å²) in [7, 11) is 0. The number of amides is 1. The third-order valence-corrected chi connectivity index (χ3v) is 5.24. The number of carbonyl (C=O) groups excluding carboxylic acids is 1. The summed E-state index contributed by atoms with van der Waals surface area (Å²) in [4.78, 5) is 16.4. The minimum atomic E-state index is 0.0175. The highest BCUT2D eigenvalue weighted by Crippen LogP contribution is 2.24. The molecule has 3 rings (SSSR count). The van der Waals surface area contributed by atoms with Crippen LogP contribution in [0.15, 0.2) is 60.1 Å². The topological polar surface area (TPSA) is 42.0 Å². The normalized spacial score (nSPS) is 10.5. The number of anilines is 1. The Morgan fingerprint density at radius 1 is 1.21 bits per heavy atom. The highest BCUT2D eigenvalue weighted by molar-refractivity contribution is 7.99. The molecule has 0 saturated carbocycles. The Kier molecular flexibility index (Phi) is 5.67. The van der Waals surface area contributed by atoms with E-state index in [1.54, 1.807) is 29.3 Å². The number of rotatable bonds is 6. The third-order valence-electron chi connectivity index (χ3n) is 3.41. The zero-order valence-electron chi connectivity index (χ0n) is 13.4. The maximum absolute atomic E-state index is 12.1. The zero-order valence-corrected chi connectivity index (χ0v) is 15.0. The first-order valence-electron chi connectivity index (χ1n) is 7.64. The molecule has 5 heteroatoms. The van der Waals surface area contributed by atoms with E-state index in [9.17, 15) is 4.79 Å². The zero-order chi connectivity index (χ0) is 16.8. The van der Waals surface area contributed by atoms with Gasteiger partial charge in [0, 0.05) is 28.6 Å². The fourth-order valence-corrected chi connectivity index (χ4v) is 3.77. The lowest BCUT2D eigenvalue weighted by atomic mass is 10.2. The van der Waals surface area contributed by atoms with E-state index in [0.29, 0.717) is 5.75 Å². The lowest BCUT2D eigenvalue weighted by Gasteiger charge is -2.07. The minimum absolute atomic E-state index is 0.0175. The summed E-state index contributed by atoms with van der Waals surface area (Å²) in [6, 6.07) is 16.2. The Balaban J connectivity index is 1.52. The van der Waals surface area contributed by atoms with E-state index in [0.717, 1.165) is 22.0 Å². The molecule has 3 aromatic rings. The summed E-state index contributed by atoms with van der Waals surface area (Å²) in [5.41, 5.74) is 4.33. The van der Waals surface area contributed by atoms with E-state index in [2.05, 4.69) is 41.5 Å². The highest BCUT2D eigenvalue weighted by Gasteiger charge is 2.06. The molecule has 0 bridgehead atoms. The average Bonchev–Trinajstić information content (AvgIpc) is 3.10. The van der Waals surface area contributed by atoms with Crippen LogP contribution in [0, 0.1) is 6.92 Å². The van der Waals surface area contributed by atoms with Crippen molar-refractivity contribution in [1.29, 1.82) is 0 Å². The highest BCUT2D eigenvalue weighted by atomic mass is 32.2. The Bertz CT molecular complexity index is 816. The van der Waals surface area contributed by atoms with Gasteiger partial charge in [0.2, 0.25) is 5.91 Å². The number of nitrogens with one attached hydrogen (secondary N) is 1. The quantitative estimate of drug-likeness (QED) is 0.678. The van der Waals surface area contributed by atoms with Crippen LogP contribution in [-0.2, 0) is 10.5 Å². The van der Waals surface area contributed by atoms with Gasteiger partial charge in [-0.25, -0.2) is 4.98 Å². The second-order valence-electron chi connectivity index (χ2n) is 5.45. The maximum atomic E-state index is 12.1. The van der Waals surface area contributed by atoms with Crippen LogP contribution in [0.25, 0.3) is 10.6 Å². The monoisotopic (exact) mass is 354 g/mol. The second kappa shape index (κ2) is 8.13. The molecule has 1 aromatic heterocycles. The van der Waals surface area contributed by atoms with E-state index in [1.165, 1.54) is 11.1 Å². The number of nitrogens with zero attached hydrogens (tertiary/aromatic N) is 1. The van der Waals surface area contributed by atoms with Crippen LogP contribution in [0.5, 0.6) is 0 Å². The molecule has 24 heavy (non-hydrogen) atoms. The predicted molar refractivity (Wildman–Crippen MR) is 104 cm³/mol. The Morgan fingerprint density at radius 3 is 2.88 bits per heavy atom. The van der Waals surface area contributed by atoms with Crippen LogP contribution in [0.4, 0.5) is 5.69 Å². The van der Waals surface area contributed by atoms with Gasteiger partial charge in [-0.15, -0.1) is 23.1 Å². The van der Waals surface area contributed by atoms with E-state index in [-0.39, 0.29) is 5.91 Å². The summed E-state index contributed by atoms with van der Waals surface area (Å²) in [5.74, 6) is 1.30. The number of hydrogen-bond donors (Lipinski definition) is 1. The fraction of sp³-hybridized carbons (Fsp3) is 0.158. The van der Waals surface area contributed by atoms with Crippen molar-refractivity contribution in [3.8, 4) is 10.6 Å². The van der Waals surface area contributed by atoms with Crippen LogP contribution in [0.1, 0.15) is 11.1 Å². The summed E-state index contributed by atoms with van der Waals surface area (Å²) in [5, 5.41) is 5.86. The van der Waals surface area contributed by atoms with E-state index < -0.39 is 0 Å². The molecule has 0 aliphatic carbocycles. The number of hydrogen-bond acceptors (Lipinski definition) is 4. The molecular weight excluding hydrogens is 336 g/mol. The number of aromatic nitrogens is 1. The number of thioether (sulfide) groups is 1. The van der Waals surface area contributed by atoms with Crippen LogP contribution in [-0.4, -0.2) is 16.6 Å². The molecule has 3 nitrogen and oxygen atoms in total. The van der Waals surface area contributed by atoms with Gasteiger partial charge < -0.3 is 5.32 Å². The molecule has 2 aromatic carbocycles. The van der Waals surface area contributed by atoms with Crippen LogP contribution in [0.3, 0.4) is 0 Å². The smallest absolute Gasteiger partial charge is 0.234 e. The van der Waals surface area contributed by atoms with Gasteiger partial charge in [0.1, 0.15) is 5.01 Å². The van der Waals surface area contributed by atoms with E-state index >= 15 is 0 Å². The Hall–Kier alpha value is -2.11. The van der Waals surface area contributed by atoms with Crippen molar-refractivity contribution in [2.45, 2.75) is 12.7 Å². The van der Waals surface area contributed by atoms with Gasteiger partial charge in [0.25, 0.3) is 0 Å². The van der Waals surface area contributed by atoms with E-state index in [4.69, 9.17) is 0 Å². The van der Waals surface area contributed by atoms with Gasteiger partial charge in [0.15, 0.2) is 0 Å². The SMILES string of the molecule is Cc1cccc(CSCC(=O)Nc2cccc(-c3nccs3)c2)c1. The number of thiazole rings is 1. The molecule has 0 aliphatic rings. The molecule has 0 unspecified atom stereocenters. The number of carbonyl (C=O) groups is 1. The number of aryl methyl sites for hydroxylation is 1. The van der Waals surface area contributed by atoms with Gasteiger partial charge >= 0.3 is 0 Å². The molecule has 0 saturated heterocycles. The first-order valence-corrected chi connectivity index (χ1v) is 9.67. The van der Waals surface area contributed by atoms with Crippen molar-refractivity contribution in [1.82, 2.24) is 4.98 Å². The fourth-order valence-electron chi connectivity index (χ4n) is 2.36. The first kappa shape index (κ1) is 16.7. The average molecular weight is 355 g/mol. The first-order chi connectivity index (χ1) is 11.7. The molecule has 1 amide bonds. The van der Waals surface area contributed by atoms with Gasteiger partial charge in [-0.3, -0.25) is 4.79 Å². The van der Waals surface area contributed by atoms with Gasteiger partial charge in [-0.05, 0) is 24.6 Å². The Labute approximate surface area is 150 Å². The van der Waals surface area contributed by atoms with Crippen LogP contribution in [0.2, 0.25) is 0 Å². The maximum Gasteiger partial charge on any atom is 0.234 e. The molecule has 122 valence electrons. The second-order valence-corrected chi connectivity index (χ2v) is 7.33. The summed E-state index contributed by atoms with van der Waals surface area (Å²) in [6.07, 6.45) is 1.78. The lowest BCUT2D eigenvalue weighted by molar-refractivity contribution is -0.113. The van der Waals surface area contributed by atoms with Gasteiger partial charge in [-0.2, -0.15) is 0 Å². The molecule has 0 spiro atoms. The van der Waals surface area contributed by atoms with Crippen molar-refractivity contribution in [2.24, 2.45) is 0 Å². The predicted octanol–water partition coefficient (Wildman–Crippen LogP) is 4.99. The van der Waals surface area contributed by atoms with Crippen molar-refractivity contribution in [3.63, 3.8) is 0 Å². The van der Waals surface area contributed by atoms with Gasteiger partial charge in [-0.1, -0.05) is 42.0 Å². The minimum Gasteiger partial charge on any atom is -0.325 e. The molecule has 0 radical (unpaired) electrons. The van der Waals surface area contributed by atoms with Crippen LogP contribution >= 0.6 is 23.1 Å². The molecule has 0 aliphatic heterocycles. The van der Waals surface area contributed by atoms with E-state index in [1.807, 2.05) is 29.6 Å². The molecule has 1 N–H and O–H groups in total. The van der Waals surface area contributed by atoms with Crippen molar-refractivity contribution in [2.75, 3.05) is 11.1 Å². The Morgan fingerprint density at radius 2 is 2.08 bits per heavy atom. The summed E-state index contributed by atoms with van der Waals surface area (Å²) in [6.45, 7) is 2.08. The van der Waals surface area contributed by atoms with Crippen LogP contribution < -0.4 is 5.32 Å². The van der Waals surface area contributed by atoms with Gasteiger partial charge in [0.05, 0.1) is 5.75 Å². The molecule has 1 heterocycles. The summed E-state index contributed by atoms with van der Waals surface area (Å²) >= 11 is 3.21. The summed E-state index contributed by atoms with van der Waals surface area (Å²) < 4.78 is 0. The van der Waals surface area contributed by atoms with Crippen molar-refractivity contribution < 1.29 is 4.79 Å². The molecule has 0 atom stereocenters. The largest absolute Gasteiger partial charge is 0.325 e. The molecular formula is C19H18N2OS2. The number of benzene rings is 2. The standard InChI is InChI=1S/C19H18N2OS2/c1-14-4-2-5-15(10-14)12-23-13-18(22)21-17-7-3-6-16(11-17)19-20-8-9-24-19/h2-11H,12-13H2,1H3,(H,21,22). The third kappa shape index (κ3) is 4.69.